The van der Waals surface area contributed by atoms with Crippen molar-refractivity contribution in [2.45, 2.75) is 6.10 Å². The fourth-order valence-corrected chi connectivity index (χ4v) is 1.29. The molecule has 1 aromatic heterocycles. The number of ether oxygens (including phenoxy) is 1. The number of amides is 1. The van der Waals surface area contributed by atoms with Gasteiger partial charge < -0.3 is 19.6 Å². The van der Waals surface area contributed by atoms with Crippen molar-refractivity contribution in [1.29, 1.82) is 0 Å². The molecule has 0 aliphatic carbocycles. The van der Waals surface area contributed by atoms with Gasteiger partial charge in [-0.3, -0.25) is 4.79 Å². The van der Waals surface area contributed by atoms with Crippen molar-refractivity contribution in [3.8, 4) is 0 Å². The lowest BCUT2D eigenvalue weighted by molar-refractivity contribution is 0.0603. The summed E-state index contributed by atoms with van der Waals surface area (Å²) in [4.78, 5) is 11.4. The van der Waals surface area contributed by atoms with Crippen molar-refractivity contribution >= 4 is 21.8 Å². The lowest BCUT2D eigenvalue weighted by atomic mass is 10.3. The van der Waals surface area contributed by atoms with E-state index in [0.29, 0.717) is 4.67 Å². The second-order valence-corrected chi connectivity index (χ2v) is 3.70. The van der Waals surface area contributed by atoms with Crippen molar-refractivity contribution in [2.24, 2.45) is 0 Å². The van der Waals surface area contributed by atoms with E-state index in [1.54, 1.807) is 12.1 Å². The molecule has 0 aromatic carbocycles. The van der Waals surface area contributed by atoms with E-state index in [9.17, 15) is 9.90 Å². The summed E-state index contributed by atoms with van der Waals surface area (Å²) in [5.74, 6) is -0.164. The van der Waals surface area contributed by atoms with Crippen LogP contribution in [0.5, 0.6) is 0 Å². The molecule has 1 rings (SSSR count). The van der Waals surface area contributed by atoms with Crippen LogP contribution in [0, 0.1) is 0 Å². The molecule has 0 saturated heterocycles. The van der Waals surface area contributed by atoms with Gasteiger partial charge in [0.25, 0.3) is 5.91 Å². The maximum atomic E-state index is 11.4. The normalized spacial score (nSPS) is 12.5. The zero-order chi connectivity index (χ0) is 11.3. The monoisotopic (exact) mass is 277 g/mol. The number of nitrogens with one attached hydrogen (secondary N) is 1. The summed E-state index contributed by atoms with van der Waals surface area (Å²) in [6.07, 6.45) is -0.711. The van der Waals surface area contributed by atoms with E-state index in [0.717, 1.165) is 0 Å². The van der Waals surface area contributed by atoms with E-state index >= 15 is 0 Å². The average Bonchev–Trinajstić information content (AvgIpc) is 2.62. The maximum Gasteiger partial charge on any atom is 0.287 e. The number of aliphatic hydroxyl groups excluding tert-OH is 1. The van der Waals surface area contributed by atoms with E-state index in [4.69, 9.17) is 9.15 Å². The first-order valence-electron chi connectivity index (χ1n) is 4.34. The zero-order valence-electron chi connectivity index (χ0n) is 8.20. The van der Waals surface area contributed by atoms with Gasteiger partial charge in [-0.2, -0.15) is 0 Å². The fraction of sp³-hybridized carbons (Fsp3) is 0.444. The van der Waals surface area contributed by atoms with Gasteiger partial charge in [-0.1, -0.05) is 0 Å². The summed E-state index contributed by atoms with van der Waals surface area (Å²) in [6.45, 7) is 0.313. The Morgan fingerprint density at radius 1 is 1.73 bits per heavy atom. The Labute approximate surface area is 95.5 Å². The van der Waals surface area contributed by atoms with Crippen LogP contribution in [-0.2, 0) is 4.74 Å². The average molecular weight is 278 g/mol. The van der Waals surface area contributed by atoms with Crippen LogP contribution < -0.4 is 5.32 Å². The zero-order valence-corrected chi connectivity index (χ0v) is 9.78. The van der Waals surface area contributed by atoms with E-state index in [2.05, 4.69) is 21.2 Å². The minimum atomic E-state index is -0.711. The van der Waals surface area contributed by atoms with Gasteiger partial charge >= 0.3 is 0 Å². The maximum absolute atomic E-state index is 11.4. The molecule has 15 heavy (non-hydrogen) atoms. The molecule has 0 aliphatic rings. The van der Waals surface area contributed by atoms with Crippen LogP contribution in [0.4, 0.5) is 0 Å². The molecular weight excluding hydrogens is 266 g/mol. The number of halogens is 1. The van der Waals surface area contributed by atoms with Gasteiger partial charge in [0.1, 0.15) is 0 Å². The summed E-state index contributed by atoms with van der Waals surface area (Å²) >= 11 is 3.09. The third kappa shape index (κ3) is 4.03. The predicted octanol–water partition coefficient (Wildman–Crippen LogP) is 0.779. The van der Waals surface area contributed by atoms with Crippen LogP contribution in [0.15, 0.2) is 21.2 Å². The Kier molecular flexibility index (Phi) is 4.80. The highest BCUT2D eigenvalue weighted by Crippen LogP contribution is 2.13. The van der Waals surface area contributed by atoms with Gasteiger partial charge in [0.15, 0.2) is 10.4 Å². The predicted molar refractivity (Wildman–Crippen MR) is 56.6 cm³/mol. The van der Waals surface area contributed by atoms with Gasteiger partial charge in [0.05, 0.1) is 12.7 Å². The highest BCUT2D eigenvalue weighted by Gasteiger charge is 2.11. The smallest absolute Gasteiger partial charge is 0.287 e. The van der Waals surface area contributed by atoms with Gasteiger partial charge in [-0.15, -0.1) is 0 Å². The molecule has 0 radical (unpaired) electrons. The SMILES string of the molecule is COCC(O)CNC(=O)c1ccc(Br)o1. The van der Waals surface area contributed by atoms with Gasteiger partial charge in [0.2, 0.25) is 0 Å². The number of carbonyl (C=O) groups is 1. The molecule has 1 amide bonds. The first-order chi connectivity index (χ1) is 7.13. The van der Waals surface area contributed by atoms with Crippen LogP contribution in [0.3, 0.4) is 0 Å². The van der Waals surface area contributed by atoms with Crippen LogP contribution in [0.1, 0.15) is 10.6 Å². The Morgan fingerprint density at radius 2 is 2.47 bits per heavy atom. The minimum Gasteiger partial charge on any atom is -0.444 e. The van der Waals surface area contributed by atoms with Crippen LogP contribution in [-0.4, -0.2) is 37.4 Å². The molecule has 0 aliphatic heterocycles. The minimum absolute atomic E-state index is 0.130. The Balaban J connectivity index is 2.36. The van der Waals surface area contributed by atoms with Gasteiger partial charge in [-0.25, -0.2) is 0 Å². The Hall–Kier alpha value is -0.850. The van der Waals surface area contributed by atoms with E-state index in [1.807, 2.05) is 0 Å². The van der Waals surface area contributed by atoms with Gasteiger partial charge in [-0.05, 0) is 28.1 Å². The van der Waals surface area contributed by atoms with E-state index in [1.165, 1.54) is 7.11 Å². The number of carbonyl (C=O) groups excluding carboxylic acids is 1. The number of hydrogen-bond donors (Lipinski definition) is 2. The summed E-state index contributed by atoms with van der Waals surface area (Å²) in [5, 5.41) is 11.8. The molecule has 0 bridgehead atoms. The lowest BCUT2D eigenvalue weighted by Gasteiger charge is -2.09. The molecule has 84 valence electrons. The molecule has 6 heteroatoms. The molecule has 1 aromatic rings. The number of aliphatic hydroxyl groups is 1. The van der Waals surface area contributed by atoms with Crippen LogP contribution in [0.25, 0.3) is 0 Å². The van der Waals surface area contributed by atoms with E-state index < -0.39 is 6.10 Å². The van der Waals surface area contributed by atoms with Crippen LogP contribution >= 0.6 is 15.9 Å². The third-order valence-corrected chi connectivity index (χ3v) is 2.08. The second-order valence-electron chi connectivity index (χ2n) is 2.92. The standard InChI is InChI=1S/C9H12BrNO4/c1-14-5-6(12)4-11-9(13)7-2-3-8(10)15-7/h2-3,6,12H,4-5H2,1H3,(H,11,13). The largest absolute Gasteiger partial charge is 0.444 e. The van der Waals surface area contributed by atoms with Gasteiger partial charge in [0, 0.05) is 13.7 Å². The summed E-state index contributed by atoms with van der Waals surface area (Å²) < 4.78 is 10.2. The molecule has 2 N–H and O–H groups in total. The van der Waals surface area contributed by atoms with E-state index in [-0.39, 0.29) is 24.8 Å². The topological polar surface area (TPSA) is 71.7 Å². The molecule has 0 spiro atoms. The first kappa shape index (κ1) is 12.2. The molecule has 5 nitrogen and oxygen atoms in total. The molecule has 1 unspecified atom stereocenters. The van der Waals surface area contributed by atoms with Crippen LogP contribution in [0.2, 0.25) is 0 Å². The molecular formula is C9H12BrNO4. The quantitative estimate of drug-likeness (QED) is 0.835. The Bertz CT molecular complexity index is 326. The molecule has 0 saturated carbocycles. The number of methoxy groups -OCH3 is 1. The highest BCUT2D eigenvalue weighted by molar-refractivity contribution is 9.10. The summed E-state index contributed by atoms with van der Waals surface area (Å²) in [5.41, 5.74) is 0. The third-order valence-electron chi connectivity index (χ3n) is 1.65. The first-order valence-corrected chi connectivity index (χ1v) is 5.13. The van der Waals surface area contributed by atoms with Crippen molar-refractivity contribution in [1.82, 2.24) is 5.32 Å². The van der Waals surface area contributed by atoms with Crippen molar-refractivity contribution < 1.29 is 19.1 Å². The summed E-state index contributed by atoms with van der Waals surface area (Å²) in [6, 6.07) is 3.17. The number of hydrogen-bond acceptors (Lipinski definition) is 4. The van der Waals surface area contributed by atoms with Crippen molar-refractivity contribution in [3.05, 3.63) is 22.6 Å². The molecule has 1 atom stereocenters. The van der Waals surface area contributed by atoms with Crippen molar-refractivity contribution in [2.75, 3.05) is 20.3 Å². The highest BCUT2D eigenvalue weighted by atomic mass is 79.9. The summed E-state index contributed by atoms with van der Waals surface area (Å²) in [7, 11) is 1.48. The molecule has 0 fully saturated rings. The lowest BCUT2D eigenvalue weighted by Crippen LogP contribution is -2.34. The number of furan rings is 1. The number of rotatable bonds is 5. The second kappa shape index (κ2) is 5.89. The fourth-order valence-electron chi connectivity index (χ4n) is 0.985. The molecule has 1 heterocycles. The Morgan fingerprint density at radius 3 is 3.00 bits per heavy atom. The van der Waals surface area contributed by atoms with Crippen molar-refractivity contribution in [3.63, 3.8) is 0 Å².